The highest BCUT2D eigenvalue weighted by molar-refractivity contribution is 9.10. The molecular formula is C10H11BrFNOS. The fourth-order valence-electron chi connectivity index (χ4n) is 1.07. The van der Waals surface area contributed by atoms with Gasteiger partial charge < -0.3 is 10.5 Å². The van der Waals surface area contributed by atoms with Crippen LogP contribution in [0.4, 0.5) is 4.39 Å². The van der Waals surface area contributed by atoms with Crippen LogP contribution in [0.5, 0.6) is 5.75 Å². The Morgan fingerprint density at radius 1 is 1.53 bits per heavy atom. The molecule has 1 aromatic carbocycles. The van der Waals surface area contributed by atoms with E-state index in [4.69, 9.17) is 22.7 Å². The Hall–Kier alpha value is -0.680. The fraction of sp³-hybridized carbons (Fsp3) is 0.300. The Balaban J connectivity index is 3.15. The molecular weight excluding hydrogens is 281 g/mol. The van der Waals surface area contributed by atoms with Gasteiger partial charge in [-0.05, 0) is 41.9 Å². The molecule has 0 amide bonds. The smallest absolute Gasteiger partial charge is 0.179 e. The molecule has 0 aliphatic carbocycles. The molecule has 82 valence electrons. The van der Waals surface area contributed by atoms with Gasteiger partial charge in [-0.1, -0.05) is 12.2 Å². The molecule has 0 atom stereocenters. The van der Waals surface area contributed by atoms with E-state index in [2.05, 4.69) is 15.9 Å². The van der Waals surface area contributed by atoms with Crippen LogP contribution in [0.2, 0.25) is 0 Å². The van der Waals surface area contributed by atoms with E-state index in [1.165, 1.54) is 6.07 Å². The fourth-order valence-corrected chi connectivity index (χ4v) is 1.91. The highest BCUT2D eigenvalue weighted by Gasteiger charge is 2.14. The zero-order valence-electron chi connectivity index (χ0n) is 8.38. The van der Waals surface area contributed by atoms with E-state index in [1.54, 1.807) is 6.07 Å². The molecule has 0 saturated carbocycles. The summed E-state index contributed by atoms with van der Waals surface area (Å²) >= 11 is 7.88. The lowest BCUT2D eigenvalue weighted by atomic mass is 10.2. The van der Waals surface area contributed by atoms with Gasteiger partial charge in [0.2, 0.25) is 0 Å². The van der Waals surface area contributed by atoms with Gasteiger partial charge >= 0.3 is 0 Å². The average Bonchev–Trinajstić information content (AvgIpc) is 2.12. The summed E-state index contributed by atoms with van der Waals surface area (Å²) < 4.78 is 19.2. The lowest BCUT2D eigenvalue weighted by Gasteiger charge is -2.12. The molecule has 1 aromatic rings. The Labute approximate surface area is 102 Å². The van der Waals surface area contributed by atoms with Gasteiger partial charge in [-0.3, -0.25) is 0 Å². The van der Waals surface area contributed by atoms with Crippen molar-refractivity contribution in [2.75, 3.05) is 0 Å². The van der Waals surface area contributed by atoms with Crippen LogP contribution in [-0.2, 0) is 0 Å². The summed E-state index contributed by atoms with van der Waals surface area (Å²) in [6, 6.07) is 3.15. The lowest BCUT2D eigenvalue weighted by Crippen LogP contribution is -2.12. The number of nitrogens with two attached hydrogens (primary N) is 1. The zero-order valence-corrected chi connectivity index (χ0v) is 10.8. The monoisotopic (exact) mass is 291 g/mol. The first-order valence-electron chi connectivity index (χ1n) is 4.38. The van der Waals surface area contributed by atoms with Crippen LogP contribution in [0, 0.1) is 5.82 Å². The normalized spacial score (nSPS) is 10.5. The predicted molar refractivity (Wildman–Crippen MR) is 65.8 cm³/mol. The first-order valence-corrected chi connectivity index (χ1v) is 5.58. The molecule has 0 spiro atoms. The van der Waals surface area contributed by atoms with Gasteiger partial charge in [0.05, 0.1) is 10.6 Å². The summed E-state index contributed by atoms with van der Waals surface area (Å²) in [5.41, 5.74) is 5.90. The Morgan fingerprint density at radius 3 is 2.60 bits per heavy atom. The van der Waals surface area contributed by atoms with Crippen molar-refractivity contribution in [3.05, 3.63) is 28.0 Å². The van der Waals surface area contributed by atoms with E-state index in [9.17, 15) is 4.39 Å². The number of hydrogen-bond acceptors (Lipinski definition) is 2. The topological polar surface area (TPSA) is 35.2 Å². The number of benzene rings is 1. The number of hydrogen-bond donors (Lipinski definition) is 1. The van der Waals surface area contributed by atoms with E-state index in [-0.39, 0.29) is 21.3 Å². The highest BCUT2D eigenvalue weighted by Crippen LogP contribution is 2.29. The van der Waals surface area contributed by atoms with E-state index in [1.807, 2.05) is 13.8 Å². The number of ether oxygens (including phenoxy) is 1. The molecule has 0 fully saturated rings. The lowest BCUT2D eigenvalue weighted by molar-refractivity contribution is 0.230. The number of rotatable bonds is 3. The van der Waals surface area contributed by atoms with Crippen LogP contribution in [-0.4, -0.2) is 11.1 Å². The quantitative estimate of drug-likeness (QED) is 0.870. The first kappa shape index (κ1) is 12.4. The maximum absolute atomic E-state index is 13.7. The van der Waals surface area contributed by atoms with Gasteiger partial charge in [0.25, 0.3) is 0 Å². The minimum absolute atomic E-state index is 0.0814. The van der Waals surface area contributed by atoms with Crippen LogP contribution in [0.1, 0.15) is 19.4 Å². The molecule has 0 unspecified atom stereocenters. The number of thiocarbonyl (C=S) groups is 1. The minimum Gasteiger partial charge on any atom is -0.488 e. The molecule has 0 bridgehead atoms. The standard InChI is InChI=1S/C10H11BrFNOS/c1-5(2)14-7-4-3-6(10(13)15)8(11)9(7)12/h3-5H,1-2H3,(H2,13,15). The van der Waals surface area contributed by atoms with Gasteiger partial charge in [0.15, 0.2) is 11.6 Å². The molecule has 0 aliphatic heterocycles. The third kappa shape index (κ3) is 2.89. The van der Waals surface area contributed by atoms with Crippen molar-refractivity contribution in [2.24, 2.45) is 5.73 Å². The van der Waals surface area contributed by atoms with Gasteiger partial charge in [0.1, 0.15) is 4.99 Å². The maximum Gasteiger partial charge on any atom is 0.179 e. The summed E-state index contributed by atoms with van der Waals surface area (Å²) in [5, 5.41) is 0. The molecule has 1 rings (SSSR count). The van der Waals surface area contributed by atoms with E-state index < -0.39 is 5.82 Å². The summed E-state index contributed by atoms with van der Waals surface area (Å²) in [4.78, 5) is 0.150. The van der Waals surface area contributed by atoms with Gasteiger partial charge in [-0.15, -0.1) is 0 Å². The minimum atomic E-state index is -0.478. The van der Waals surface area contributed by atoms with Gasteiger partial charge in [-0.25, -0.2) is 4.39 Å². The molecule has 2 N–H and O–H groups in total. The summed E-state index contributed by atoms with van der Waals surface area (Å²) in [6.07, 6.45) is -0.0814. The van der Waals surface area contributed by atoms with Crippen molar-refractivity contribution in [2.45, 2.75) is 20.0 Å². The van der Waals surface area contributed by atoms with Crippen LogP contribution >= 0.6 is 28.1 Å². The molecule has 2 nitrogen and oxygen atoms in total. The molecule has 0 aliphatic rings. The largest absolute Gasteiger partial charge is 0.488 e. The summed E-state index contributed by atoms with van der Waals surface area (Å²) in [6.45, 7) is 3.66. The Morgan fingerprint density at radius 2 is 2.13 bits per heavy atom. The summed E-state index contributed by atoms with van der Waals surface area (Å²) in [5.74, 6) is -0.286. The van der Waals surface area contributed by atoms with Crippen molar-refractivity contribution in [1.29, 1.82) is 0 Å². The molecule has 0 saturated heterocycles. The van der Waals surface area contributed by atoms with Crippen LogP contribution < -0.4 is 10.5 Å². The van der Waals surface area contributed by atoms with Crippen molar-refractivity contribution in [3.8, 4) is 5.75 Å². The van der Waals surface area contributed by atoms with E-state index in [0.29, 0.717) is 5.56 Å². The molecule has 0 heterocycles. The van der Waals surface area contributed by atoms with Crippen molar-refractivity contribution < 1.29 is 9.13 Å². The van der Waals surface area contributed by atoms with Gasteiger partial charge in [-0.2, -0.15) is 0 Å². The van der Waals surface area contributed by atoms with E-state index in [0.717, 1.165) is 0 Å². The van der Waals surface area contributed by atoms with Crippen LogP contribution in [0.25, 0.3) is 0 Å². The zero-order chi connectivity index (χ0) is 11.6. The van der Waals surface area contributed by atoms with Crippen LogP contribution in [0.15, 0.2) is 16.6 Å². The van der Waals surface area contributed by atoms with Crippen molar-refractivity contribution >= 4 is 33.1 Å². The average molecular weight is 292 g/mol. The van der Waals surface area contributed by atoms with Crippen LogP contribution in [0.3, 0.4) is 0 Å². The first-order chi connectivity index (χ1) is 6.93. The maximum atomic E-state index is 13.7. The molecule has 5 heteroatoms. The Bertz CT molecular complexity index is 395. The third-order valence-electron chi connectivity index (χ3n) is 1.68. The predicted octanol–water partition coefficient (Wildman–Crippen LogP) is 3.01. The third-order valence-corrected chi connectivity index (χ3v) is 2.67. The Kier molecular flexibility index (Phi) is 4.04. The van der Waals surface area contributed by atoms with E-state index >= 15 is 0 Å². The second kappa shape index (κ2) is 4.90. The second-order valence-electron chi connectivity index (χ2n) is 3.27. The molecule has 0 radical (unpaired) electrons. The van der Waals surface area contributed by atoms with Gasteiger partial charge in [0, 0.05) is 5.56 Å². The molecule has 0 aromatic heterocycles. The summed E-state index contributed by atoms with van der Waals surface area (Å²) in [7, 11) is 0. The molecule has 15 heavy (non-hydrogen) atoms. The second-order valence-corrected chi connectivity index (χ2v) is 4.50. The highest BCUT2D eigenvalue weighted by atomic mass is 79.9. The van der Waals surface area contributed by atoms with Crippen molar-refractivity contribution in [1.82, 2.24) is 0 Å². The number of halogens is 2. The van der Waals surface area contributed by atoms with Crippen molar-refractivity contribution in [3.63, 3.8) is 0 Å². The SMILES string of the molecule is CC(C)Oc1ccc(C(N)=S)c(Br)c1F.